The third kappa shape index (κ3) is 6.23. The van der Waals surface area contributed by atoms with Gasteiger partial charge < -0.3 is 15.5 Å². The number of piperidine rings is 1. The van der Waals surface area contributed by atoms with Gasteiger partial charge in [0, 0.05) is 42.4 Å². The minimum atomic E-state index is -4.58. The van der Waals surface area contributed by atoms with Crippen molar-refractivity contribution in [3.05, 3.63) is 88.9 Å². The molecule has 3 amide bonds. The Morgan fingerprint density at radius 2 is 1.83 bits per heavy atom. The first-order valence-corrected chi connectivity index (χ1v) is 13.4. The van der Waals surface area contributed by atoms with E-state index in [1.165, 1.54) is 6.20 Å². The molecule has 1 fully saturated rings. The van der Waals surface area contributed by atoms with Gasteiger partial charge in [0.2, 0.25) is 11.8 Å². The summed E-state index contributed by atoms with van der Waals surface area (Å²) in [5.41, 5.74) is 3.24. The molecule has 8 nitrogen and oxygen atoms in total. The summed E-state index contributed by atoms with van der Waals surface area (Å²) in [6, 6.07) is 12.4. The number of amides is 3. The molecule has 11 heteroatoms. The Labute approximate surface area is 235 Å². The Kier molecular flexibility index (Phi) is 7.79. The largest absolute Gasteiger partial charge is 0.406 e. The summed E-state index contributed by atoms with van der Waals surface area (Å²) in [5, 5.41) is 5.51. The van der Waals surface area contributed by atoms with E-state index in [0.29, 0.717) is 24.4 Å². The van der Waals surface area contributed by atoms with Gasteiger partial charge in [0.25, 0.3) is 5.91 Å². The number of halogens is 3. The smallest absolute Gasteiger partial charge is 0.340 e. The van der Waals surface area contributed by atoms with Crippen molar-refractivity contribution < 1.29 is 27.6 Å². The summed E-state index contributed by atoms with van der Waals surface area (Å²) in [4.78, 5) is 48.7. The molecule has 0 radical (unpaired) electrons. The maximum Gasteiger partial charge on any atom is 0.406 e. The number of fused-ring (bicyclic) bond motifs is 1. The number of rotatable bonds is 6. The molecule has 3 heterocycles. The zero-order chi connectivity index (χ0) is 29.3. The van der Waals surface area contributed by atoms with Gasteiger partial charge in [-0.25, -0.2) is 4.98 Å². The number of nitrogens with zero attached hydrogens (tertiary/aromatic N) is 3. The van der Waals surface area contributed by atoms with Gasteiger partial charge in [0.15, 0.2) is 0 Å². The van der Waals surface area contributed by atoms with Crippen LogP contribution in [0.25, 0.3) is 0 Å². The molecule has 214 valence electrons. The maximum absolute atomic E-state index is 13.4. The highest BCUT2D eigenvalue weighted by Gasteiger charge is 2.45. The van der Waals surface area contributed by atoms with Crippen LogP contribution in [0.15, 0.2) is 60.9 Å². The summed E-state index contributed by atoms with van der Waals surface area (Å²) in [7, 11) is 0. The average Bonchev–Trinajstić information content (AvgIpc) is 3.37. The van der Waals surface area contributed by atoms with Gasteiger partial charge in [-0.05, 0) is 55.5 Å². The number of likely N-dealkylation sites (tertiary alicyclic amines) is 1. The second-order valence-corrected chi connectivity index (χ2v) is 10.7. The molecule has 4 unspecified atom stereocenters. The first-order valence-electron chi connectivity index (χ1n) is 13.4. The number of benzene rings is 1. The highest BCUT2D eigenvalue weighted by Crippen LogP contribution is 2.35. The topological polar surface area (TPSA) is 104 Å². The van der Waals surface area contributed by atoms with Crippen LogP contribution in [0.3, 0.4) is 0 Å². The first kappa shape index (κ1) is 28.3. The molecule has 0 spiro atoms. The number of pyridine rings is 2. The Morgan fingerprint density at radius 1 is 1.07 bits per heavy atom. The summed E-state index contributed by atoms with van der Waals surface area (Å²) in [6.07, 6.45) is -0.678. The van der Waals surface area contributed by atoms with Gasteiger partial charge in [-0.2, -0.15) is 13.2 Å². The number of nitrogens with one attached hydrogen (secondary N) is 2. The molecule has 1 aliphatic carbocycles. The maximum atomic E-state index is 13.4. The third-order valence-electron chi connectivity index (χ3n) is 7.88. The standard InChI is InChI=1S/C30H30F3N5O3/c1-17-7-6-10-34-26(17)37-27(39)21-11-20-12-22(15-35-24(20)13-21)28(40)36-25-14-23(19-8-4-3-5-9-19)18(2)38(29(25)41)16-30(31,32)33/h3-10,12,15,18,21,23,25H,11,13-14,16H2,1-2H3,(H,36,40)(H,34,37,39). The number of hydrogen-bond acceptors (Lipinski definition) is 5. The van der Waals surface area contributed by atoms with Crippen LogP contribution in [0.1, 0.15) is 52.0 Å². The van der Waals surface area contributed by atoms with E-state index in [1.807, 2.05) is 31.2 Å². The second kappa shape index (κ2) is 11.3. The number of hydrogen-bond donors (Lipinski definition) is 2. The van der Waals surface area contributed by atoms with Crippen LogP contribution in [-0.2, 0) is 22.4 Å². The van der Waals surface area contributed by atoms with Crippen molar-refractivity contribution in [2.45, 2.75) is 57.3 Å². The van der Waals surface area contributed by atoms with E-state index in [0.717, 1.165) is 21.6 Å². The van der Waals surface area contributed by atoms with Gasteiger partial charge in [0.1, 0.15) is 18.4 Å². The van der Waals surface area contributed by atoms with Crippen molar-refractivity contribution in [1.29, 1.82) is 0 Å². The fraction of sp³-hybridized carbons (Fsp3) is 0.367. The molecule has 0 saturated carbocycles. The van der Waals surface area contributed by atoms with Crippen molar-refractivity contribution in [1.82, 2.24) is 20.2 Å². The van der Waals surface area contributed by atoms with Crippen molar-refractivity contribution in [3.63, 3.8) is 0 Å². The molecule has 2 aliphatic rings. The average molecular weight is 566 g/mol. The minimum absolute atomic E-state index is 0.164. The highest BCUT2D eigenvalue weighted by atomic mass is 19.4. The lowest BCUT2D eigenvalue weighted by atomic mass is 9.81. The van der Waals surface area contributed by atoms with Gasteiger partial charge in [-0.1, -0.05) is 36.4 Å². The molecule has 1 aliphatic heterocycles. The van der Waals surface area contributed by atoms with Crippen molar-refractivity contribution in [2.24, 2.45) is 5.92 Å². The van der Waals surface area contributed by atoms with Crippen LogP contribution in [0, 0.1) is 12.8 Å². The number of carbonyl (C=O) groups is 3. The van der Waals surface area contributed by atoms with Crippen LogP contribution >= 0.6 is 0 Å². The van der Waals surface area contributed by atoms with E-state index in [-0.39, 0.29) is 23.8 Å². The molecule has 5 rings (SSSR count). The Bertz CT molecular complexity index is 1460. The van der Waals surface area contributed by atoms with Crippen LogP contribution in [0.4, 0.5) is 19.0 Å². The molecule has 1 aromatic carbocycles. The Balaban J connectivity index is 1.30. The van der Waals surface area contributed by atoms with Crippen LogP contribution in [0.5, 0.6) is 0 Å². The molecule has 0 bridgehead atoms. The third-order valence-corrected chi connectivity index (χ3v) is 7.88. The van der Waals surface area contributed by atoms with Crippen molar-refractivity contribution in [3.8, 4) is 0 Å². The first-order chi connectivity index (χ1) is 19.5. The number of aryl methyl sites for hydroxylation is 1. The SMILES string of the molecule is Cc1cccnc1NC(=O)C1Cc2cc(C(=O)NC3CC(c4ccccc4)C(C)N(CC(F)(F)F)C3=O)cnc2C1. The number of alkyl halides is 3. The fourth-order valence-electron chi connectivity index (χ4n) is 5.68. The second-order valence-electron chi connectivity index (χ2n) is 10.7. The van der Waals surface area contributed by atoms with Gasteiger partial charge in [-0.3, -0.25) is 19.4 Å². The number of carbonyl (C=O) groups excluding carboxylic acids is 3. The van der Waals surface area contributed by atoms with Crippen LogP contribution in [-0.4, -0.2) is 57.4 Å². The number of aromatic nitrogens is 2. The van der Waals surface area contributed by atoms with Crippen molar-refractivity contribution >= 4 is 23.5 Å². The number of anilines is 1. The van der Waals surface area contributed by atoms with Crippen LogP contribution in [0.2, 0.25) is 0 Å². The molecule has 2 aromatic heterocycles. The lowest BCUT2D eigenvalue weighted by Crippen LogP contribution is -2.59. The monoisotopic (exact) mass is 565 g/mol. The van der Waals surface area contributed by atoms with E-state index >= 15 is 0 Å². The summed E-state index contributed by atoms with van der Waals surface area (Å²) >= 11 is 0. The summed E-state index contributed by atoms with van der Waals surface area (Å²) < 4.78 is 40.2. The summed E-state index contributed by atoms with van der Waals surface area (Å²) in [5.74, 6) is -1.88. The molecule has 2 N–H and O–H groups in total. The van der Waals surface area contributed by atoms with Crippen molar-refractivity contribution in [2.75, 3.05) is 11.9 Å². The van der Waals surface area contributed by atoms with E-state index in [1.54, 1.807) is 37.4 Å². The normalized spacial score (nSPS) is 22.3. The van der Waals surface area contributed by atoms with E-state index in [4.69, 9.17) is 0 Å². The Hall–Kier alpha value is -4.28. The zero-order valence-electron chi connectivity index (χ0n) is 22.6. The minimum Gasteiger partial charge on any atom is -0.340 e. The fourth-order valence-corrected chi connectivity index (χ4v) is 5.68. The lowest BCUT2D eigenvalue weighted by Gasteiger charge is -2.43. The highest BCUT2D eigenvalue weighted by molar-refractivity contribution is 5.98. The van der Waals surface area contributed by atoms with Gasteiger partial charge in [0.05, 0.1) is 5.56 Å². The molecule has 41 heavy (non-hydrogen) atoms. The molecule has 1 saturated heterocycles. The van der Waals surface area contributed by atoms with Gasteiger partial charge in [-0.15, -0.1) is 0 Å². The Morgan fingerprint density at radius 3 is 2.54 bits per heavy atom. The molecular weight excluding hydrogens is 535 g/mol. The quantitative estimate of drug-likeness (QED) is 0.466. The van der Waals surface area contributed by atoms with E-state index in [2.05, 4.69) is 20.6 Å². The summed E-state index contributed by atoms with van der Waals surface area (Å²) in [6.45, 7) is 2.05. The van der Waals surface area contributed by atoms with E-state index < -0.39 is 42.5 Å². The zero-order valence-corrected chi connectivity index (χ0v) is 22.6. The van der Waals surface area contributed by atoms with Gasteiger partial charge >= 0.3 is 6.18 Å². The lowest BCUT2D eigenvalue weighted by molar-refractivity contribution is -0.170. The van der Waals surface area contributed by atoms with Crippen LogP contribution < -0.4 is 10.6 Å². The molecular formula is C30H30F3N5O3. The predicted molar refractivity (Wildman–Crippen MR) is 145 cm³/mol. The van der Waals surface area contributed by atoms with E-state index in [9.17, 15) is 27.6 Å². The predicted octanol–water partition coefficient (Wildman–Crippen LogP) is 4.20. The molecule has 4 atom stereocenters. The molecule has 3 aromatic rings.